The average Bonchev–Trinajstić information content (AvgIpc) is 2.54. The van der Waals surface area contributed by atoms with E-state index in [2.05, 4.69) is 10.3 Å². The molecule has 4 heteroatoms. The first-order valence-corrected chi connectivity index (χ1v) is 6.74. The molecule has 1 aliphatic heterocycles. The van der Waals surface area contributed by atoms with E-state index in [0.717, 1.165) is 22.0 Å². The van der Waals surface area contributed by atoms with Crippen molar-refractivity contribution in [2.24, 2.45) is 0 Å². The van der Waals surface area contributed by atoms with Crippen LogP contribution in [0.3, 0.4) is 0 Å². The van der Waals surface area contributed by atoms with Crippen molar-refractivity contribution in [3.63, 3.8) is 0 Å². The molecule has 0 bridgehead atoms. The van der Waals surface area contributed by atoms with E-state index < -0.39 is 6.09 Å². The van der Waals surface area contributed by atoms with E-state index in [4.69, 9.17) is 4.74 Å². The fourth-order valence-electron chi connectivity index (χ4n) is 2.76. The minimum absolute atomic E-state index is 0.227. The molecule has 1 amide bonds. The van der Waals surface area contributed by atoms with Gasteiger partial charge in [-0.25, -0.2) is 4.79 Å². The zero-order valence-electron chi connectivity index (χ0n) is 11.1. The lowest BCUT2D eigenvalue weighted by atomic mass is 9.93. The van der Waals surface area contributed by atoms with Crippen molar-refractivity contribution in [3.05, 3.63) is 71.9 Å². The predicted octanol–water partition coefficient (Wildman–Crippen LogP) is 3.43. The van der Waals surface area contributed by atoms with E-state index in [1.807, 2.05) is 48.5 Å². The predicted molar refractivity (Wildman–Crippen MR) is 79.2 cm³/mol. The molecule has 21 heavy (non-hydrogen) atoms. The van der Waals surface area contributed by atoms with Gasteiger partial charge in [0.25, 0.3) is 0 Å². The van der Waals surface area contributed by atoms with Crippen LogP contribution < -0.4 is 10.1 Å². The lowest BCUT2D eigenvalue weighted by molar-refractivity contribution is 0.191. The number of ether oxygens (including phenoxy) is 1. The lowest BCUT2D eigenvalue weighted by Gasteiger charge is -2.27. The van der Waals surface area contributed by atoms with Crippen molar-refractivity contribution in [1.82, 2.24) is 10.3 Å². The first-order chi connectivity index (χ1) is 10.3. The number of nitrogens with zero attached hydrogens (tertiary/aromatic N) is 1. The summed E-state index contributed by atoms with van der Waals surface area (Å²) in [7, 11) is 0. The number of hydrogen-bond acceptors (Lipinski definition) is 3. The minimum Gasteiger partial charge on any atom is -0.410 e. The standard InChI is InChI=1S/C17H12N2O2/c20-17-19-16(11-5-2-1-3-6-11)15-12-7-4-10-18-13(12)8-9-14(15)21-17/h1-10,16H,(H,19,20). The summed E-state index contributed by atoms with van der Waals surface area (Å²) in [5.41, 5.74) is 2.86. The van der Waals surface area contributed by atoms with Crippen LogP contribution in [0.15, 0.2) is 60.8 Å². The third-order valence-electron chi connectivity index (χ3n) is 3.67. The topological polar surface area (TPSA) is 51.2 Å². The average molecular weight is 276 g/mol. The number of carbonyl (C=O) groups is 1. The molecule has 0 aliphatic carbocycles. The number of fused-ring (bicyclic) bond motifs is 3. The summed E-state index contributed by atoms with van der Waals surface area (Å²) in [5.74, 6) is 0.591. The van der Waals surface area contributed by atoms with Crippen molar-refractivity contribution in [3.8, 4) is 5.75 Å². The van der Waals surface area contributed by atoms with Crippen molar-refractivity contribution in [1.29, 1.82) is 0 Å². The highest BCUT2D eigenvalue weighted by molar-refractivity contribution is 5.89. The zero-order valence-corrected chi connectivity index (χ0v) is 11.1. The van der Waals surface area contributed by atoms with Crippen molar-refractivity contribution >= 4 is 17.0 Å². The van der Waals surface area contributed by atoms with Crippen LogP contribution in [0.1, 0.15) is 17.2 Å². The maximum atomic E-state index is 11.8. The largest absolute Gasteiger partial charge is 0.413 e. The Morgan fingerprint density at radius 1 is 1.00 bits per heavy atom. The summed E-state index contributed by atoms with van der Waals surface area (Å²) in [6.45, 7) is 0. The van der Waals surface area contributed by atoms with Gasteiger partial charge in [0.05, 0.1) is 11.6 Å². The number of pyridine rings is 1. The highest BCUT2D eigenvalue weighted by Gasteiger charge is 2.29. The first kappa shape index (κ1) is 11.9. The fraction of sp³-hybridized carbons (Fsp3) is 0.0588. The summed E-state index contributed by atoms with van der Waals surface area (Å²) >= 11 is 0. The van der Waals surface area contributed by atoms with Crippen LogP contribution in [0.25, 0.3) is 10.9 Å². The Balaban J connectivity index is 2.00. The van der Waals surface area contributed by atoms with Crippen LogP contribution in [0, 0.1) is 0 Å². The molecule has 2 heterocycles. The highest BCUT2D eigenvalue weighted by atomic mass is 16.6. The monoisotopic (exact) mass is 276 g/mol. The summed E-state index contributed by atoms with van der Waals surface area (Å²) in [6.07, 6.45) is 1.33. The van der Waals surface area contributed by atoms with Gasteiger partial charge in [-0.05, 0) is 23.8 Å². The molecule has 102 valence electrons. The molecular weight excluding hydrogens is 264 g/mol. The van der Waals surface area contributed by atoms with Gasteiger partial charge in [-0.3, -0.25) is 4.98 Å². The number of benzene rings is 2. The number of hydrogen-bond donors (Lipinski definition) is 1. The maximum absolute atomic E-state index is 11.8. The first-order valence-electron chi connectivity index (χ1n) is 6.74. The highest BCUT2D eigenvalue weighted by Crippen LogP contribution is 2.38. The summed E-state index contributed by atoms with van der Waals surface area (Å²) in [6, 6.07) is 17.2. The molecule has 0 saturated carbocycles. The molecular formula is C17H12N2O2. The van der Waals surface area contributed by atoms with E-state index in [0.29, 0.717) is 5.75 Å². The van der Waals surface area contributed by atoms with Crippen LogP contribution in [0.5, 0.6) is 5.75 Å². The Morgan fingerprint density at radius 3 is 2.71 bits per heavy atom. The number of amides is 1. The van der Waals surface area contributed by atoms with E-state index in [1.54, 1.807) is 12.3 Å². The molecule has 3 aromatic rings. The lowest BCUT2D eigenvalue weighted by Crippen LogP contribution is -2.36. The van der Waals surface area contributed by atoms with Gasteiger partial charge >= 0.3 is 6.09 Å². The van der Waals surface area contributed by atoms with Crippen molar-refractivity contribution in [2.45, 2.75) is 6.04 Å². The van der Waals surface area contributed by atoms with Crippen molar-refractivity contribution < 1.29 is 9.53 Å². The molecule has 0 spiro atoms. The molecule has 0 saturated heterocycles. The maximum Gasteiger partial charge on any atom is 0.413 e. The molecule has 4 nitrogen and oxygen atoms in total. The van der Waals surface area contributed by atoms with E-state index in [1.165, 1.54) is 0 Å². The van der Waals surface area contributed by atoms with Gasteiger partial charge in [0.2, 0.25) is 0 Å². The Hall–Kier alpha value is -2.88. The van der Waals surface area contributed by atoms with Gasteiger partial charge in [0.15, 0.2) is 0 Å². The Bertz CT molecular complexity index is 831. The number of carbonyl (C=O) groups excluding carboxylic acids is 1. The van der Waals surface area contributed by atoms with Crippen molar-refractivity contribution in [2.75, 3.05) is 0 Å². The van der Waals surface area contributed by atoms with Crippen LogP contribution in [0.2, 0.25) is 0 Å². The quantitative estimate of drug-likeness (QED) is 0.741. The van der Waals surface area contributed by atoms with Gasteiger partial charge in [-0.15, -0.1) is 0 Å². The molecule has 1 atom stereocenters. The van der Waals surface area contributed by atoms with Gasteiger partial charge in [-0.2, -0.15) is 0 Å². The van der Waals surface area contributed by atoms with Gasteiger partial charge in [-0.1, -0.05) is 36.4 Å². The Labute approximate surface area is 121 Å². The zero-order chi connectivity index (χ0) is 14.2. The molecule has 4 rings (SSSR count). The Morgan fingerprint density at radius 2 is 1.86 bits per heavy atom. The molecule has 2 aromatic carbocycles. The minimum atomic E-state index is -0.431. The third kappa shape index (κ3) is 1.92. The third-order valence-corrected chi connectivity index (χ3v) is 3.67. The second-order valence-electron chi connectivity index (χ2n) is 4.93. The molecule has 1 aromatic heterocycles. The van der Waals surface area contributed by atoms with E-state index in [-0.39, 0.29) is 6.04 Å². The smallest absolute Gasteiger partial charge is 0.410 e. The van der Waals surface area contributed by atoms with Gasteiger partial charge in [0.1, 0.15) is 5.75 Å². The second kappa shape index (κ2) is 4.59. The SMILES string of the molecule is O=C1NC(c2ccccc2)c2c(ccc3ncccc23)O1. The second-order valence-corrected chi connectivity index (χ2v) is 4.93. The van der Waals surface area contributed by atoms with Crippen LogP contribution in [-0.2, 0) is 0 Å². The number of nitrogens with one attached hydrogen (secondary N) is 1. The van der Waals surface area contributed by atoms with Crippen LogP contribution in [0.4, 0.5) is 4.79 Å². The molecule has 0 fully saturated rings. The molecule has 1 N–H and O–H groups in total. The summed E-state index contributed by atoms with van der Waals surface area (Å²) < 4.78 is 5.31. The van der Waals surface area contributed by atoms with Gasteiger partial charge < -0.3 is 10.1 Å². The molecule has 1 unspecified atom stereocenters. The van der Waals surface area contributed by atoms with E-state index >= 15 is 0 Å². The molecule has 0 radical (unpaired) electrons. The van der Waals surface area contributed by atoms with E-state index in [9.17, 15) is 4.79 Å². The molecule has 1 aliphatic rings. The summed E-state index contributed by atoms with van der Waals surface area (Å²) in [4.78, 5) is 16.2. The number of aromatic nitrogens is 1. The Kier molecular flexibility index (Phi) is 2.60. The number of rotatable bonds is 1. The normalized spacial score (nSPS) is 17.0. The van der Waals surface area contributed by atoms with Crippen LogP contribution in [-0.4, -0.2) is 11.1 Å². The van der Waals surface area contributed by atoms with Gasteiger partial charge in [0, 0.05) is 17.1 Å². The summed E-state index contributed by atoms with van der Waals surface area (Å²) in [5, 5.41) is 3.88. The fourth-order valence-corrected chi connectivity index (χ4v) is 2.76. The van der Waals surface area contributed by atoms with Crippen LogP contribution >= 0.6 is 0 Å².